The quantitative estimate of drug-likeness (QED) is 0.665. The maximum absolute atomic E-state index is 12.2. The summed E-state index contributed by atoms with van der Waals surface area (Å²) in [5, 5.41) is 0. The zero-order valence-corrected chi connectivity index (χ0v) is 14.3. The fourth-order valence-electron chi connectivity index (χ4n) is 2.86. The minimum absolute atomic E-state index is 0.155. The molecule has 1 rings (SSSR count). The van der Waals surface area contributed by atoms with E-state index in [9.17, 15) is 4.79 Å². The van der Waals surface area contributed by atoms with Crippen LogP contribution in [-0.2, 0) is 4.79 Å². The van der Waals surface area contributed by atoms with Gasteiger partial charge in [-0.15, -0.1) is 0 Å². The van der Waals surface area contributed by atoms with Crippen LogP contribution in [0, 0.1) is 5.92 Å². The molecule has 4 nitrogen and oxygen atoms in total. The van der Waals surface area contributed by atoms with Gasteiger partial charge in [-0.1, -0.05) is 46.5 Å². The molecule has 0 aromatic heterocycles. The first kappa shape index (κ1) is 18.4. The van der Waals surface area contributed by atoms with Crippen molar-refractivity contribution in [2.75, 3.05) is 32.7 Å². The van der Waals surface area contributed by atoms with Crippen LogP contribution in [0.4, 0.5) is 0 Å². The van der Waals surface area contributed by atoms with Gasteiger partial charge in [0.1, 0.15) is 0 Å². The average Bonchev–Trinajstić information content (AvgIpc) is 2.49. The maximum atomic E-state index is 12.2. The van der Waals surface area contributed by atoms with Crippen molar-refractivity contribution in [3.8, 4) is 0 Å². The van der Waals surface area contributed by atoms with Gasteiger partial charge in [-0.25, -0.2) is 0 Å². The van der Waals surface area contributed by atoms with Crippen molar-refractivity contribution in [2.24, 2.45) is 11.7 Å². The van der Waals surface area contributed by atoms with E-state index in [1.54, 1.807) is 0 Å². The molecule has 0 radical (unpaired) electrons. The van der Waals surface area contributed by atoms with Crippen LogP contribution in [0.15, 0.2) is 0 Å². The Morgan fingerprint density at radius 1 is 1.05 bits per heavy atom. The molecule has 4 heteroatoms. The van der Waals surface area contributed by atoms with Gasteiger partial charge in [-0.05, 0) is 25.3 Å². The van der Waals surface area contributed by atoms with E-state index in [4.69, 9.17) is 5.73 Å². The molecule has 2 N–H and O–H groups in total. The van der Waals surface area contributed by atoms with E-state index in [1.807, 2.05) is 4.90 Å². The largest absolute Gasteiger partial charge is 0.339 e. The normalized spacial score (nSPS) is 18.2. The zero-order valence-electron chi connectivity index (χ0n) is 14.3. The third kappa shape index (κ3) is 7.28. The van der Waals surface area contributed by atoms with E-state index in [0.29, 0.717) is 0 Å². The van der Waals surface area contributed by atoms with Crippen molar-refractivity contribution >= 4 is 5.91 Å². The highest BCUT2D eigenvalue weighted by atomic mass is 16.2. The summed E-state index contributed by atoms with van der Waals surface area (Å²) in [5.41, 5.74) is 5.99. The lowest BCUT2D eigenvalue weighted by molar-refractivity contribution is -0.134. The Labute approximate surface area is 131 Å². The highest BCUT2D eigenvalue weighted by Crippen LogP contribution is 2.10. The van der Waals surface area contributed by atoms with Crippen molar-refractivity contribution in [3.63, 3.8) is 0 Å². The number of unbranched alkanes of at least 4 members (excludes halogenated alkanes) is 2. The second-order valence-corrected chi connectivity index (χ2v) is 6.81. The number of carbonyl (C=O) groups excluding carboxylic acids is 1. The standard InChI is InChI=1S/C17H35N3O/c1-4-5-9-16(18)17(21)20-13-11-19(12-14-20)10-7-6-8-15(2)3/h15-16H,4-14,18H2,1-3H3. The van der Waals surface area contributed by atoms with E-state index in [1.165, 1.54) is 25.8 Å². The van der Waals surface area contributed by atoms with Crippen LogP contribution >= 0.6 is 0 Å². The second-order valence-electron chi connectivity index (χ2n) is 6.81. The summed E-state index contributed by atoms with van der Waals surface area (Å²) in [5.74, 6) is 0.965. The predicted molar refractivity (Wildman–Crippen MR) is 89.2 cm³/mol. The van der Waals surface area contributed by atoms with Gasteiger partial charge >= 0.3 is 0 Å². The van der Waals surface area contributed by atoms with Crippen molar-refractivity contribution in [3.05, 3.63) is 0 Å². The van der Waals surface area contributed by atoms with Crippen LogP contribution in [0.25, 0.3) is 0 Å². The number of nitrogens with zero attached hydrogens (tertiary/aromatic N) is 2. The van der Waals surface area contributed by atoms with Gasteiger partial charge in [0.15, 0.2) is 0 Å². The number of piperazine rings is 1. The fourth-order valence-corrected chi connectivity index (χ4v) is 2.86. The smallest absolute Gasteiger partial charge is 0.239 e. The summed E-state index contributed by atoms with van der Waals surface area (Å²) in [6, 6.07) is -0.289. The lowest BCUT2D eigenvalue weighted by Crippen LogP contribution is -2.53. The SMILES string of the molecule is CCCCC(N)C(=O)N1CCN(CCCCC(C)C)CC1. The Kier molecular flexibility index (Phi) is 8.93. The summed E-state index contributed by atoms with van der Waals surface area (Å²) in [6.45, 7) is 11.6. The Hall–Kier alpha value is -0.610. The number of nitrogens with two attached hydrogens (primary N) is 1. The molecule has 0 aliphatic carbocycles. The molecule has 1 heterocycles. The minimum atomic E-state index is -0.289. The average molecular weight is 297 g/mol. The number of carbonyl (C=O) groups is 1. The van der Waals surface area contributed by atoms with Crippen LogP contribution < -0.4 is 5.73 Å². The topological polar surface area (TPSA) is 49.6 Å². The molecule has 124 valence electrons. The summed E-state index contributed by atoms with van der Waals surface area (Å²) >= 11 is 0. The molecule has 0 aromatic carbocycles. The van der Waals surface area contributed by atoms with E-state index in [-0.39, 0.29) is 11.9 Å². The Morgan fingerprint density at radius 3 is 2.29 bits per heavy atom. The van der Waals surface area contributed by atoms with Gasteiger partial charge in [0.05, 0.1) is 6.04 Å². The molecule has 1 aliphatic heterocycles. The first-order valence-electron chi connectivity index (χ1n) is 8.81. The first-order valence-corrected chi connectivity index (χ1v) is 8.81. The van der Waals surface area contributed by atoms with Gasteiger partial charge in [0, 0.05) is 26.2 Å². The van der Waals surface area contributed by atoms with E-state index < -0.39 is 0 Å². The van der Waals surface area contributed by atoms with Gasteiger partial charge in [-0.2, -0.15) is 0 Å². The summed E-state index contributed by atoms with van der Waals surface area (Å²) in [4.78, 5) is 16.7. The molecular formula is C17H35N3O. The lowest BCUT2D eigenvalue weighted by Gasteiger charge is -2.36. The Bertz CT molecular complexity index is 286. The number of rotatable bonds is 9. The van der Waals surface area contributed by atoms with Crippen LogP contribution in [0.3, 0.4) is 0 Å². The third-order valence-electron chi connectivity index (χ3n) is 4.38. The van der Waals surface area contributed by atoms with E-state index >= 15 is 0 Å². The monoisotopic (exact) mass is 297 g/mol. The highest BCUT2D eigenvalue weighted by Gasteiger charge is 2.24. The minimum Gasteiger partial charge on any atom is -0.339 e. The highest BCUT2D eigenvalue weighted by molar-refractivity contribution is 5.81. The third-order valence-corrected chi connectivity index (χ3v) is 4.38. The summed E-state index contributed by atoms with van der Waals surface area (Å²) in [6.07, 6.45) is 6.89. The molecule has 1 saturated heterocycles. The Morgan fingerprint density at radius 2 is 1.71 bits per heavy atom. The summed E-state index contributed by atoms with van der Waals surface area (Å²) in [7, 11) is 0. The molecule has 0 spiro atoms. The van der Waals surface area contributed by atoms with Crippen molar-refractivity contribution in [2.45, 2.75) is 65.3 Å². The lowest BCUT2D eigenvalue weighted by atomic mass is 10.1. The first-order chi connectivity index (χ1) is 10.0. The van der Waals surface area contributed by atoms with Crippen LogP contribution in [0.1, 0.15) is 59.3 Å². The maximum Gasteiger partial charge on any atom is 0.239 e. The summed E-state index contributed by atoms with van der Waals surface area (Å²) < 4.78 is 0. The molecule has 1 aliphatic rings. The molecular weight excluding hydrogens is 262 g/mol. The van der Waals surface area contributed by atoms with Crippen LogP contribution in [0.2, 0.25) is 0 Å². The molecule has 1 atom stereocenters. The van der Waals surface area contributed by atoms with E-state index in [2.05, 4.69) is 25.7 Å². The molecule has 0 aromatic rings. The fraction of sp³-hybridized carbons (Fsp3) is 0.941. The van der Waals surface area contributed by atoms with Crippen LogP contribution in [-0.4, -0.2) is 54.5 Å². The second kappa shape index (κ2) is 10.2. The number of amides is 1. The van der Waals surface area contributed by atoms with Crippen LogP contribution in [0.5, 0.6) is 0 Å². The molecule has 1 fully saturated rings. The Balaban J connectivity index is 2.17. The van der Waals surface area contributed by atoms with Gasteiger partial charge < -0.3 is 10.6 Å². The molecule has 0 bridgehead atoms. The number of hydrogen-bond acceptors (Lipinski definition) is 3. The van der Waals surface area contributed by atoms with Crippen molar-refractivity contribution in [1.29, 1.82) is 0 Å². The van der Waals surface area contributed by atoms with Crippen molar-refractivity contribution < 1.29 is 4.79 Å². The predicted octanol–water partition coefficient (Wildman–Crippen LogP) is 2.47. The van der Waals surface area contributed by atoms with Gasteiger partial charge in [0.25, 0.3) is 0 Å². The zero-order chi connectivity index (χ0) is 15.7. The van der Waals surface area contributed by atoms with Crippen molar-refractivity contribution in [1.82, 2.24) is 9.80 Å². The van der Waals surface area contributed by atoms with Gasteiger partial charge in [-0.3, -0.25) is 9.69 Å². The van der Waals surface area contributed by atoms with Gasteiger partial charge in [0.2, 0.25) is 5.91 Å². The number of hydrogen-bond donors (Lipinski definition) is 1. The molecule has 1 amide bonds. The molecule has 21 heavy (non-hydrogen) atoms. The van der Waals surface area contributed by atoms with E-state index in [0.717, 1.165) is 51.4 Å². The molecule has 1 unspecified atom stereocenters. The molecule has 0 saturated carbocycles.